The average Bonchev–Trinajstić information content (AvgIpc) is 2.98. The van der Waals surface area contributed by atoms with Gasteiger partial charge in [0.25, 0.3) is 5.91 Å². The smallest absolute Gasteiger partial charge is 0.277 e. The van der Waals surface area contributed by atoms with Crippen molar-refractivity contribution in [2.75, 3.05) is 5.32 Å². The Hall–Kier alpha value is -2.47. The van der Waals surface area contributed by atoms with Crippen LogP contribution in [0.15, 0.2) is 65.3 Å². The van der Waals surface area contributed by atoms with Gasteiger partial charge in [0.05, 0.1) is 11.9 Å². The van der Waals surface area contributed by atoms with Crippen molar-refractivity contribution in [2.45, 2.75) is 0 Å². The van der Waals surface area contributed by atoms with Crippen LogP contribution in [0.25, 0.3) is 5.69 Å². The Morgan fingerprint density at radius 1 is 1.10 bits per heavy atom. The molecule has 0 spiro atoms. The summed E-state index contributed by atoms with van der Waals surface area (Å²) in [6, 6.07) is 16.8. The minimum absolute atomic E-state index is 0.263. The standard InChI is InChI=1S/C15H11BrN4O/c16-11-5-4-8-13(9-11)20-10-14(18-19-20)15(21)17-12-6-2-1-3-7-12/h1-10H,(H,17,21). The lowest BCUT2D eigenvalue weighted by molar-refractivity contribution is 0.102. The molecule has 5 nitrogen and oxygen atoms in total. The van der Waals surface area contributed by atoms with Crippen molar-refractivity contribution in [3.63, 3.8) is 0 Å². The Labute approximate surface area is 129 Å². The molecule has 0 aliphatic heterocycles. The first-order valence-electron chi connectivity index (χ1n) is 6.27. The number of nitrogens with zero attached hydrogens (tertiary/aromatic N) is 3. The number of halogens is 1. The lowest BCUT2D eigenvalue weighted by Crippen LogP contribution is -2.12. The fraction of sp³-hybridized carbons (Fsp3) is 0. The Morgan fingerprint density at radius 2 is 1.90 bits per heavy atom. The van der Waals surface area contributed by atoms with Crippen LogP contribution in [0, 0.1) is 0 Å². The highest BCUT2D eigenvalue weighted by atomic mass is 79.9. The molecule has 21 heavy (non-hydrogen) atoms. The molecule has 1 amide bonds. The monoisotopic (exact) mass is 342 g/mol. The van der Waals surface area contributed by atoms with Crippen LogP contribution in [-0.2, 0) is 0 Å². The first-order chi connectivity index (χ1) is 10.2. The molecule has 0 unspecified atom stereocenters. The number of hydrogen-bond acceptors (Lipinski definition) is 3. The summed E-state index contributed by atoms with van der Waals surface area (Å²) in [7, 11) is 0. The molecule has 1 aromatic heterocycles. The summed E-state index contributed by atoms with van der Waals surface area (Å²) in [4.78, 5) is 12.1. The second-order valence-corrected chi connectivity index (χ2v) is 5.26. The van der Waals surface area contributed by atoms with E-state index in [1.165, 1.54) is 0 Å². The van der Waals surface area contributed by atoms with Crippen molar-refractivity contribution in [1.29, 1.82) is 0 Å². The molecule has 104 valence electrons. The highest BCUT2D eigenvalue weighted by molar-refractivity contribution is 9.10. The zero-order valence-electron chi connectivity index (χ0n) is 10.9. The van der Waals surface area contributed by atoms with E-state index in [0.717, 1.165) is 15.8 Å². The van der Waals surface area contributed by atoms with Gasteiger partial charge in [-0.3, -0.25) is 4.79 Å². The van der Waals surface area contributed by atoms with E-state index in [1.807, 2.05) is 54.6 Å². The molecule has 0 bridgehead atoms. The van der Waals surface area contributed by atoms with Crippen LogP contribution in [0.4, 0.5) is 5.69 Å². The van der Waals surface area contributed by atoms with Gasteiger partial charge in [-0.1, -0.05) is 45.4 Å². The molecule has 1 N–H and O–H groups in total. The van der Waals surface area contributed by atoms with Crippen molar-refractivity contribution >= 4 is 27.5 Å². The molecule has 3 aromatic rings. The Balaban J connectivity index is 1.80. The van der Waals surface area contributed by atoms with E-state index in [-0.39, 0.29) is 11.6 Å². The van der Waals surface area contributed by atoms with Crippen LogP contribution < -0.4 is 5.32 Å². The number of rotatable bonds is 3. The third-order valence-corrected chi connectivity index (χ3v) is 3.32. The van der Waals surface area contributed by atoms with E-state index < -0.39 is 0 Å². The van der Waals surface area contributed by atoms with Crippen molar-refractivity contribution in [3.8, 4) is 5.69 Å². The van der Waals surface area contributed by atoms with Crippen LogP contribution in [0.1, 0.15) is 10.5 Å². The zero-order chi connectivity index (χ0) is 14.7. The van der Waals surface area contributed by atoms with Crippen molar-refractivity contribution in [2.24, 2.45) is 0 Å². The van der Waals surface area contributed by atoms with Gasteiger partial charge < -0.3 is 5.32 Å². The minimum Gasteiger partial charge on any atom is -0.321 e. The summed E-state index contributed by atoms with van der Waals surface area (Å²) in [6.07, 6.45) is 1.60. The largest absolute Gasteiger partial charge is 0.321 e. The second kappa shape index (κ2) is 5.88. The van der Waals surface area contributed by atoms with E-state index in [9.17, 15) is 4.79 Å². The summed E-state index contributed by atoms with van der Waals surface area (Å²) in [5, 5.41) is 10.6. The first-order valence-corrected chi connectivity index (χ1v) is 7.06. The van der Waals surface area contributed by atoms with Gasteiger partial charge in [-0.05, 0) is 30.3 Å². The number of anilines is 1. The lowest BCUT2D eigenvalue weighted by Gasteiger charge is -2.01. The summed E-state index contributed by atoms with van der Waals surface area (Å²) < 4.78 is 2.50. The second-order valence-electron chi connectivity index (χ2n) is 4.35. The molecule has 0 saturated heterocycles. The Kier molecular flexibility index (Phi) is 3.79. The molecule has 0 aliphatic rings. The Bertz CT molecular complexity index is 770. The van der Waals surface area contributed by atoms with E-state index in [4.69, 9.17) is 0 Å². The van der Waals surface area contributed by atoms with Crippen LogP contribution in [-0.4, -0.2) is 20.9 Å². The molecule has 3 rings (SSSR count). The molecule has 0 saturated carbocycles. The maximum Gasteiger partial charge on any atom is 0.277 e. The molecule has 0 atom stereocenters. The number of amides is 1. The third-order valence-electron chi connectivity index (χ3n) is 2.83. The van der Waals surface area contributed by atoms with E-state index >= 15 is 0 Å². The van der Waals surface area contributed by atoms with Crippen LogP contribution in [0.3, 0.4) is 0 Å². The molecule has 1 heterocycles. The number of hydrogen-bond donors (Lipinski definition) is 1. The summed E-state index contributed by atoms with van der Waals surface area (Å²) in [5.74, 6) is -0.289. The fourth-order valence-corrected chi connectivity index (χ4v) is 2.22. The lowest BCUT2D eigenvalue weighted by atomic mass is 10.3. The number of carbonyl (C=O) groups excluding carboxylic acids is 1. The first kappa shape index (κ1) is 13.5. The van der Waals surface area contributed by atoms with E-state index in [2.05, 4.69) is 31.6 Å². The van der Waals surface area contributed by atoms with Gasteiger partial charge in [-0.15, -0.1) is 5.10 Å². The highest BCUT2D eigenvalue weighted by Crippen LogP contribution is 2.15. The molecule has 2 aromatic carbocycles. The number of benzene rings is 2. The maximum atomic E-state index is 12.1. The van der Waals surface area contributed by atoms with Crippen LogP contribution in [0.5, 0.6) is 0 Å². The predicted octanol–water partition coefficient (Wildman–Crippen LogP) is 3.28. The zero-order valence-corrected chi connectivity index (χ0v) is 12.5. The number of carbonyl (C=O) groups is 1. The van der Waals surface area contributed by atoms with Gasteiger partial charge in [0.1, 0.15) is 0 Å². The number of aromatic nitrogens is 3. The maximum absolute atomic E-state index is 12.1. The van der Waals surface area contributed by atoms with E-state index in [0.29, 0.717) is 0 Å². The SMILES string of the molecule is O=C(Nc1ccccc1)c1cn(-c2cccc(Br)c2)nn1. The third kappa shape index (κ3) is 3.17. The summed E-state index contributed by atoms with van der Waals surface area (Å²) in [6.45, 7) is 0. The molecular weight excluding hydrogens is 332 g/mol. The van der Waals surface area contributed by atoms with Gasteiger partial charge in [0.15, 0.2) is 5.69 Å². The van der Waals surface area contributed by atoms with Crippen LogP contribution >= 0.6 is 15.9 Å². The number of nitrogens with one attached hydrogen (secondary N) is 1. The summed E-state index contributed by atoms with van der Waals surface area (Å²) in [5.41, 5.74) is 1.81. The van der Waals surface area contributed by atoms with Gasteiger partial charge in [-0.25, -0.2) is 4.68 Å². The molecule has 6 heteroatoms. The minimum atomic E-state index is -0.289. The predicted molar refractivity (Wildman–Crippen MR) is 83.5 cm³/mol. The highest BCUT2D eigenvalue weighted by Gasteiger charge is 2.11. The van der Waals surface area contributed by atoms with Crippen molar-refractivity contribution in [1.82, 2.24) is 15.0 Å². The fourth-order valence-electron chi connectivity index (χ4n) is 1.83. The van der Waals surface area contributed by atoms with Gasteiger partial charge in [0, 0.05) is 10.2 Å². The molecule has 0 aliphatic carbocycles. The summed E-state index contributed by atoms with van der Waals surface area (Å²) >= 11 is 3.40. The Morgan fingerprint density at radius 3 is 2.67 bits per heavy atom. The molecular formula is C15H11BrN4O. The average molecular weight is 343 g/mol. The molecule has 0 radical (unpaired) electrons. The normalized spacial score (nSPS) is 10.3. The van der Waals surface area contributed by atoms with Crippen LogP contribution in [0.2, 0.25) is 0 Å². The van der Waals surface area contributed by atoms with E-state index in [1.54, 1.807) is 10.9 Å². The molecule has 0 fully saturated rings. The van der Waals surface area contributed by atoms with Crippen molar-refractivity contribution < 1.29 is 4.79 Å². The van der Waals surface area contributed by atoms with Gasteiger partial charge in [0.2, 0.25) is 0 Å². The number of para-hydroxylation sites is 1. The van der Waals surface area contributed by atoms with Gasteiger partial charge >= 0.3 is 0 Å². The quantitative estimate of drug-likeness (QED) is 0.794. The topological polar surface area (TPSA) is 59.8 Å². The van der Waals surface area contributed by atoms with Crippen molar-refractivity contribution in [3.05, 3.63) is 71.0 Å². The van der Waals surface area contributed by atoms with Gasteiger partial charge in [-0.2, -0.15) is 0 Å².